The van der Waals surface area contributed by atoms with Crippen LogP contribution in [0.2, 0.25) is 0 Å². The van der Waals surface area contributed by atoms with Gasteiger partial charge in [-0.25, -0.2) is 0 Å². The molecule has 8 heteroatoms. The second-order valence-electron chi connectivity index (χ2n) is 5.69. The van der Waals surface area contributed by atoms with Crippen molar-refractivity contribution in [3.8, 4) is 11.5 Å². The summed E-state index contributed by atoms with van der Waals surface area (Å²) in [5.74, 6) is 1.03. The molecule has 1 atom stereocenters. The first-order valence-electron chi connectivity index (χ1n) is 7.83. The number of thioether (sulfide) groups is 1. The molecule has 0 saturated carbocycles. The highest BCUT2D eigenvalue weighted by molar-refractivity contribution is 8.00. The highest BCUT2D eigenvalue weighted by Gasteiger charge is 2.30. The van der Waals surface area contributed by atoms with Crippen LogP contribution < -0.4 is 14.8 Å². The molecule has 0 saturated heterocycles. The molecule has 2 aromatic rings. The number of amides is 1. The van der Waals surface area contributed by atoms with Gasteiger partial charge in [-0.2, -0.15) is 13.2 Å². The van der Waals surface area contributed by atoms with Gasteiger partial charge in [-0.15, -0.1) is 11.8 Å². The van der Waals surface area contributed by atoms with Crippen molar-refractivity contribution in [1.82, 2.24) is 5.32 Å². The summed E-state index contributed by atoms with van der Waals surface area (Å²) >= 11 is 1.08. The van der Waals surface area contributed by atoms with Crippen LogP contribution in [-0.2, 0) is 17.5 Å². The Balaban J connectivity index is 1.56. The normalized spacial score (nSPS) is 14.2. The van der Waals surface area contributed by atoms with Crippen LogP contribution in [0, 0.1) is 0 Å². The minimum atomic E-state index is -4.40. The maximum absolute atomic E-state index is 12.8. The molecule has 3 rings (SSSR count). The van der Waals surface area contributed by atoms with Gasteiger partial charge in [0.2, 0.25) is 12.7 Å². The molecule has 1 N–H and O–H groups in total. The molecule has 26 heavy (non-hydrogen) atoms. The van der Waals surface area contributed by atoms with E-state index in [1.165, 1.54) is 6.07 Å². The van der Waals surface area contributed by atoms with Crippen molar-refractivity contribution in [2.75, 3.05) is 6.79 Å². The van der Waals surface area contributed by atoms with Crippen LogP contribution in [0.5, 0.6) is 11.5 Å². The summed E-state index contributed by atoms with van der Waals surface area (Å²) in [7, 11) is 0. The number of alkyl halides is 3. The molecule has 4 nitrogen and oxygen atoms in total. The van der Waals surface area contributed by atoms with Crippen LogP contribution in [0.1, 0.15) is 18.1 Å². The summed E-state index contributed by atoms with van der Waals surface area (Å²) in [6, 6.07) is 10.3. The van der Waals surface area contributed by atoms with Crippen molar-refractivity contribution in [2.24, 2.45) is 0 Å². The first kappa shape index (κ1) is 18.4. The fourth-order valence-corrected chi connectivity index (χ4v) is 3.34. The van der Waals surface area contributed by atoms with Crippen molar-refractivity contribution in [3.63, 3.8) is 0 Å². The van der Waals surface area contributed by atoms with Gasteiger partial charge >= 0.3 is 6.18 Å². The largest absolute Gasteiger partial charge is 0.454 e. The Labute approximate surface area is 152 Å². The Hall–Kier alpha value is -2.35. The number of halogens is 3. The number of hydrogen-bond donors (Lipinski definition) is 1. The topological polar surface area (TPSA) is 47.6 Å². The van der Waals surface area contributed by atoms with Gasteiger partial charge in [-0.1, -0.05) is 12.1 Å². The molecule has 1 aliphatic heterocycles. The SMILES string of the molecule is C[C@@H](Sc1cccc(C(F)(F)F)c1)C(=O)NCc1ccc2c(c1)OCO2. The van der Waals surface area contributed by atoms with Gasteiger partial charge in [0.25, 0.3) is 0 Å². The highest BCUT2D eigenvalue weighted by Crippen LogP contribution is 2.34. The number of rotatable bonds is 5. The van der Waals surface area contributed by atoms with E-state index in [1.54, 1.807) is 25.1 Å². The lowest BCUT2D eigenvalue weighted by atomic mass is 10.2. The van der Waals surface area contributed by atoms with Crippen LogP contribution in [-0.4, -0.2) is 18.0 Å². The molecule has 0 radical (unpaired) electrons. The summed E-state index contributed by atoms with van der Waals surface area (Å²) in [5.41, 5.74) is 0.120. The van der Waals surface area contributed by atoms with Gasteiger partial charge in [0.15, 0.2) is 11.5 Å². The monoisotopic (exact) mass is 383 g/mol. The fourth-order valence-electron chi connectivity index (χ4n) is 2.39. The third-order valence-electron chi connectivity index (χ3n) is 3.75. The zero-order valence-electron chi connectivity index (χ0n) is 13.8. The van der Waals surface area contributed by atoms with E-state index in [-0.39, 0.29) is 12.7 Å². The zero-order chi connectivity index (χ0) is 18.7. The highest BCUT2D eigenvalue weighted by atomic mass is 32.2. The molecular weight excluding hydrogens is 367 g/mol. The molecular formula is C18H16F3NO3S. The second-order valence-corrected chi connectivity index (χ2v) is 7.11. The number of carbonyl (C=O) groups excluding carboxylic acids is 1. The van der Waals surface area contributed by atoms with E-state index < -0.39 is 17.0 Å². The Kier molecular flexibility index (Phi) is 5.31. The Bertz CT molecular complexity index is 811. The standard InChI is InChI=1S/C18H16F3NO3S/c1-11(26-14-4-2-3-13(8-14)18(19,20)21)17(23)22-9-12-5-6-15-16(7-12)25-10-24-15/h2-8,11H,9-10H2,1H3,(H,22,23)/t11-/m1/s1. The van der Waals surface area contributed by atoms with E-state index in [0.717, 1.165) is 29.5 Å². The number of nitrogens with one attached hydrogen (secondary N) is 1. The molecule has 1 amide bonds. The lowest BCUT2D eigenvalue weighted by Gasteiger charge is -2.13. The van der Waals surface area contributed by atoms with E-state index in [1.807, 2.05) is 6.07 Å². The summed E-state index contributed by atoms with van der Waals surface area (Å²) in [4.78, 5) is 12.6. The number of benzene rings is 2. The van der Waals surface area contributed by atoms with Crippen molar-refractivity contribution in [1.29, 1.82) is 0 Å². The minimum Gasteiger partial charge on any atom is -0.454 e. The number of carbonyl (C=O) groups is 1. The Morgan fingerprint density at radius 2 is 1.96 bits per heavy atom. The lowest BCUT2D eigenvalue weighted by molar-refractivity contribution is -0.137. The zero-order valence-corrected chi connectivity index (χ0v) is 14.6. The van der Waals surface area contributed by atoms with E-state index in [4.69, 9.17) is 9.47 Å². The summed E-state index contributed by atoms with van der Waals surface area (Å²) in [5, 5.41) is 2.24. The van der Waals surface area contributed by atoms with E-state index in [0.29, 0.717) is 22.9 Å². The molecule has 0 fully saturated rings. The summed E-state index contributed by atoms with van der Waals surface area (Å²) in [6.07, 6.45) is -4.40. The van der Waals surface area contributed by atoms with Gasteiger partial charge in [-0.3, -0.25) is 4.79 Å². The van der Waals surface area contributed by atoms with Gasteiger partial charge in [0.05, 0.1) is 10.8 Å². The lowest BCUT2D eigenvalue weighted by Crippen LogP contribution is -2.30. The quantitative estimate of drug-likeness (QED) is 0.785. The molecule has 2 aromatic carbocycles. The third-order valence-corrected chi connectivity index (χ3v) is 4.84. The van der Waals surface area contributed by atoms with Gasteiger partial charge in [0.1, 0.15) is 0 Å². The molecule has 0 unspecified atom stereocenters. The second kappa shape index (κ2) is 7.49. The summed E-state index contributed by atoms with van der Waals surface area (Å²) < 4.78 is 48.8. The van der Waals surface area contributed by atoms with Crippen molar-refractivity contribution >= 4 is 17.7 Å². The molecule has 0 spiro atoms. The van der Waals surface area contributed by atoms with E-state index in [2.05, 4.69) is 5.32 Å². The smallest absolute Gasteiger partial charge is 0.416 e. The predicted octanol–water partition coefficient (Wildman–Crippen LogP) is 4.23. The first-order valence-corrected chi connectivity index (χ1v) is 8.71. The number of fused-ring (bicyclic) bond motifs is 1. The molecule has 138 valence electrons. The van der Waals surface area contributed by atoms with Crippen LogP contribution in [0.4, 0.5) is 13.2 Å². The average Bonchev–Trinajstić information content (AvgIpc) is 3.06. The molecule has 1 aliphatic rings. The van der Waals surface area contributed by atoms with Crippen molar-refractivity contribution in [2.45, 2.75) is 29.8 Å². The van der Waals surface area contributed by atoms with Gasteiger partial charge < -0.3 is 14.8 Å². The Morgan fingerprint density at radius 1 is 1.19 bits per heavy atom. The van der Waals surface area contributed by atoms with Crippen LogP contribution >= 0.6 is 11.8 Å². The third kappa shape index (κ3) is 4.43. The van der Waals surface area contributed by atoms with E-state index >= 15 is 0 Å². The average molecular weight is 383 g/mol. The number of ether oxygens (including phenoxy) is 2. The minimum absolute atomic E-state index is 0.176. The number of hydrogen-bond acceptors (Lipinski definition) is 4. The molecule has 0 aliphatic carbocycles. The van der Waals surface area contributed by atoms with Crippen LogP contribution in [0.3, 0.4) is 0 Å². The predicted molar refractivity (Wildman–Crippen MR) is 91.2 cm³/mol. The van der Waals surface area contributed by atoms with Crippen LogP contribution in [0.25, 0.3) is 0 Å². The Morgan fingerprint density at radius 3 is 2.73 bits per heavy atom. The van der Waals surface area contributed by atoms with Crippen LogP contribution in [0.15, 0.2) is 47.4 Å². The van der Waals surface area contributed by atoms with Crippen molar-refractivity contribution in [3.05, 3.63) is 53.6 Å². The summed E-state index contributed by atoms with van der Waals surface area (Å²) in [6.45, 7) is 2.12. The fraction of sp³-hybridized carbons (Fsp3) is 0.278. The van der Waals surface area contributed by atoms with Gasteiger partial charge in [-0.05, 0) is 42.8 Å². The first-order chi connectivity index (χ1) is 12.3. The molecule has 0 aromatic heterocycles. The van der Waals surface area contributed by atoms with Crippen molar-refractivity contribution < 1.29 is 27.4 Å². The molecule has 1 heterocycles. The maximum Gasteiger partial charge on any atom is 0.416 e. The maximum atomic E-state index is 12.8. The van der Waals surface area contributed by atoms with Gasteiger partial charge in [0, 0.05) is 11.4 Å². The van der Waals surface area contributed by atoms with E-state index in [9.17, 15) is 18.0 Å². The molecule has 0 bridgehead atoms.